The van der Waals surface area contributed by atoms with E-state index in [0.717, 1.165) is 33.6 Å². The van der Waals surface area contributed by atoms with E-state index in [1.165, 1.54) is 0 Å². The molecular formula is C25H20N6O. The molecule has 7 nitrogen and oxygen atoms in total. The Morgan fingerprint density at radius 2 is 1.50 bits per heavy atom. The Labute approximate surface area is 183 Å². The molecule has 0 aliphatic heterocycles. The van der Waals surface area contributed by atoms with Crippen LogP contribution in [0.5, 0.6) is 0 Å². The lowest BCUT2D eigenvalue weighted by Crippen LogP contribution is -2.31. The third-order valence-corrected chi connectivity index (χ3v) is 5.78. The zero-order chi connectivity index (χ0) is 21.5. The first-order chi connectivity index (χ1) is 15.8. The number of imidazole rings is 2. The number of hydrogen-bond donors (Lipinski definition) is 1. The predicted octanol–water partition coefficient (Wildman–Crippen LogP) is 4.31. The molecule has 32 heavy (non-hydrogen) atoms. The highest BCUT2D eigenvalue weighted by Crippen LogP contribution is 2.20. The molecule has 6 aromatic rings. The van der Waals surface area contributed by atoms with Crippen molar-refractivity contribution in [3.8, 4) is 0 Å². The van der Waals surface area contributed by atoms with Gasteiger partial charge in [0.25, 0.3) is 5.91 Å². The van der Waals surface area contributed by atoms with E-state index in [9.17, 15) is 4.79 Å². The highest BCUT2D eigenvalue weighted by Gasteiger charge is 2.20. The molecule has 0 radical (unpaired) electrons. The van der Waals surface area contributed by atoms with Crippen molar-refractivity contribution in [2.45, 2.75) is 13.1 Å². The third kappa shape index (κ3) is 3.11. The number of aromatic nitrogens is 5. The normalized spacial score (nSPS) is 11.5. The van der Waals surface area contributed by atoms with Gasteiger partial charge in [0.05, 0.1) is 36.9 Å². The van der Waals surface area contributed by atoms with Crippen LogP contribution >= 0.6 is 0 Å². The molecule has 1 amide bonds. The Balaban J connectivity index is 1.40. The van der Waals surface area contributed by atoms with Crippen molar-refractivity contribution in [3.63, 3.8) is 0 Å². The number of pyridine rings is 2. The molecule has 5 aromatic heterocycles. The number of H-pyrrole nitrogens is 1. The van der Waals surface area contributed by atoms with Gasteiger partial charge in [-0.05, 0) is 47.9 Å². The van der Waals surface area contributed by atoms with Crippen LogP contribution in [-0.4, -0.2) is 34.6 Å². The van der Waals surface area contributed by atoms with Crippen LogP contribution in [0, 0.1) is 0 Å². The third-order valence-electron chi connectivity index (χ3n) is 5.78. The second-order valence-corrected chi connectivity index (χ2v) is 7.80. The molecule has 0 fully saturated rings. The van der Waals surface area contributed by atoms with Gasteiger partial charge in [0.15, 0.2) is 0 Å². The zero-order valence-electron chi connectivity index (χ0n) is 17.2. The first-order valence-electron chi connectivity index (χ1n) is 10.4. The highest BCUT2D eigenvalue weighted by atomic mass is 16.2. The maximum absolute atomic E-state index is 13.7. The van der Waals surface area contributed by atoms with Crippen LogP contribution in [0.1, 0.15) is 21.7 Å². The molecule has 0 aliphatic carbocycles. The fourth-order valence-corrected chi connectivity index (χ4v) is 4.16. The van der Waals surface area contributed by atoms with Gasteiger partial charge in [0, 0.05) is 29.7 Å². The number of rotatable bonds is 5. The number of nitrogens with one attached hydrogen (secondary N) is 1. The van der Waals surface area contributed by atoms with Gasteiger partial charge >= 0.3 is 0 Å². The van der Waals surface area contributed by atoms with Crippen LogP contribution in [0.4, 0.5) is 0 Å². The van der Waals surface area contributed by atoms with E-state index >= 15 is 0 Å². The van der Waals surface area contributed by atoms with Gasteiger partial charge in [-0.1, -0.05) is 18.2 Å². The topological polar surface area (TPSA) is 70.7 Å². The molecule has 6 rings (SSSR count). The summed E-state index contributed by atoms with van der Waals surface area (Å²) >= 11 is 0. The fraction of sp³-hybridized carbons (Fsp3) is 0.0800. The number of nitrogens with zero attached hydrogens (tertiary/aromatic N) is 5. The molecule has 0 unspecified atom stereocenters. The van der Waals surface area contributed by atoms with Crippen molar-refractivity contribution in [2.24, 2.45) is 0 Å². The van der Waals surface area contributed by atoms with E-state index in [4.69, 9.17) is 0 Å². The lowest BCUT2D eigenvalue weighted by atomic mass is 10.1. The number of carbonyl (C=O) groups is 1. The number of aromatic amines is 1. The van der Waals surface area contributed by atoms with E-state index in [0.29, 0.717) is 18.7 Å². The summed E-state index contributed by atoms with van der Waals surface area (Å²) in [6.07, 6.45) is 9.49. The van der Waals surface area contributed by atoms with Crippen LogP contribution in [0.2, 0.25) is 0 Å². The van der Waals surface area contributed by atoms with Crippen LogP contribution < -0.4 is 0 Å². The van der Waals surface area contributed by atoms with Crippen molar-refractivity contribution in [3.05, 3.63) is 109 Å². The van der Waals surface area contributed by atoms with Crippen LogP contribution in [0.3, 0.4) is 0 Å². The first kappa shape index (κ1) is 18.4. The van der Waals surface area contributed by atoms with Gasteiger partial charge in [-0.3, -0.25) is 4.79 Å². The summed E-state index contributed by atoms with van der Waals surface area (Å²) in [6, 6.07) is 19.5. The van der Waals surface area contributed by atoms with Crippen LogP contribution in [0.15, 0.2) is 91.6 Å². The minimum Gasteiger partial charge on any atom is -0.361 e. The molecule has 0 saturated heterocycles. The molecular weight excluding hydrogens is 400 g/mol. The van der Waals surface area contributed by atoms with Gasteiger partial charge in [-0.15, -0.1) is 0 Å². The molecule has 0 spiro atoms. The minimum atomic E-state index is -0.0433. The van der Waals surface area contributed by atoms with Crippen molar-refractivity contribution in [1.82, 2.24) is 28.7 Å². The Bertz CT molecular complexity index is 1500. The minimum absolute atomic E-state index is 0.0433. The molecule has 0 bridgehead atoms. The summed E-state index contributed by atoms with van der Waals surface area (Å²) in [5, 5.41) is 1.08. The number of carbonyl (C=O) groups excluding carboxylic acids is 1. The summed E-state index contributed by atoms with van der Waals surface area (Å²) in [5.74, 6) is -0.0433. The molecule has 1 N–H and O–H groups in total. The van der Waals surface area contributed by atoms with Gasteiger partial charge < -0.3 is 18.7 Å². The molecule has 1 aromatic carbocycles. The summed E-state index contributed by atoms with van der Waals surface area (Å²) < 4.78 is 4.03. The van der Waals surface area contributed by atoms with Crippen LogP contribution in [-0.2, 0) is 13.1 Å². The Morgan fingerprint density at radius 3 is 2.16 bits per heavy atom. The Morgan fingerprint density at radius 1 is 0.844 bits per heavy atom. The van der Waals surface area contributed by atoms with Crippen LogP contribution in [0.25, 0.3) is 22.2 Å². The monoisotopic (exact) mass is 420 g/mol. The quantitative estimate of drug-likeness (QED) is 0.452. The van der Waals surface area contributed by atoms with Crippen molar-refractivity contribution in [1.29, 1.82) is 0 Å². The number of hydrogen-bond acceptors (Lipinski definition) is 3. The van der Waals surface area contributed by atoms with Gasteiger partial charge in [-0.25, -0.2) is 9.97 Å². The molecule has 0 atom stereocenters. The predicted molar refractivity (Wildman–Crippen MR) is 122 cm³/mol. The average Bonchev–Trinajstić information content (AvgIpc) is 3.57. The Kier molecular flexibility index (Phi) is 4.24. The van der Waals surface area contributed by atoms with E-state index in [1.54, 1.807) is 0 Å². The summed E-state index contributed by atoms with van der Waals surface area (Å²) in [7, 11) is 0. The largest absolute Gasteiger partial charge is 0.361 e. The van der Waals surface area contributed by atoms with Crippen molar-refractivity contribution in [2.75, 3.05) is 0 Å². The smallest absolute Gasteiger partial charge is 0.254 e. The van der Waals surface area contributed by atoms with E-state index in [1.807, 2.05) is 105 Å². The van der Waals surface area contributed by atoms with Gasteiger partial charge in [-0.2, -0.15) is 0 Å². The molecule has 156 valence electrons. The van der Waals surface area contributed by atoms with E-state index in [2.05, 4.69) is 15.0 Å². The second kappa shape index (κ2) is 7.39. The van der Waals surface area contributed by atoms with Crippen molar-refractivity contribution >= 4 is 28.1 Å². The lowest BCUT2D eigenvalue weighted by Gasteiger charge is -2.22. The van der Waals surface area contributed by atoms with E-state index < -0.39 is 0 Å². The maximum Gasteiger partial charge on any atom is 0.254 e. The molecule has 0 saturated carbocycles. The van der Waals surface area contributed by atoms with Gasteiger partial charge in [0.2, 0.25) is 0 Å². The lowest BCUT2D eigenvalue weighted by molar-refractivity contribution is 0.0725. The number of benzene rings is 1. The summed E-state index contributed by atoms with van der Waals surface area (Å²) in [6.45, 7) is 0.847. The molecule has 0 aliphatic rings. The Hall–Kier alpha value is -4.39. The van der Waals surface area contributed by atoms with Crippen molar-refractivity contribution < 1.29 is 4.79 Å². The fourth-order valence-electron chi connectivity index (χ4n) is 4.16. The summed E-state index contributed by atoms with van der Waals surface area (Å²) in [4.78, 5) is 27.7. The first-order valence-corrected chi connectivity index (χ1v) is 10.4. The molecule has 7 heteroatoms. The highest BCUT2D eigenvalue weighted by molar-refractivity contribution is 5.97. The standard InChI is InChI=1S/C25H20N6O/c32-25(19-8-7-18-9-10-26-22(18)13-19)29(16-20-14-27-23-5-1-3-11-30(20)23)17-21-15-28-24-6-2-4-12-31(21)24/h1-15,26H,16-17H2. The maximum atomic E-state index is 13.7. The SMILES string of the molecule is O=C(c1ccc2cc[nH]c2c1)N(Cc1cnc2ccccn12)Cc1cnc2ccccn12. The number of fused-ring (bicyclic) bond motifs is 3. The van der Waals surface area contributed by atoms with Gasteiger partial charge in [0.1, 0.15) is 11.3 Å². The molecule has 5 heterocycles. The average molecular weight is 420 g/mol. The summed E-state index contributed by atoms with van der Waals surface area (Å²) in [5.41, 5.74) is 5.20. The zero-order valence-corrected chi connectivity index (χ0v) is 17.2. The van der Waals surface area contributed by atoms with E-state index in [-0.39, 0.29) is 5.91 Å². The number of amides is 1. The second-order valence-electron chi connectivity index (χ2n) is 7.80.